The van der Waals surface area contributed by atoms with Crippen LogP contribution in [-0.2, 0) is 11.2 Å². The van der Waals surface area contributed by atoms with E-state index in [1.807, 2.05) is 37.8 Å². The largest absolute Gasteiger partial charge is 0.357 e. The summed E-state index contributed by atoms with van der Waals surface area (Å²) in [5.41, 5.74) is 0.848. The van der Waals surface area contributed by atoms with Gasteiger partial charge in [-0.05, 0) is 45.0 Å². The smallest absolute Gasteiger partial charge is 0.228 e. The summed E-state index contributed by atoms with van der Waals surface area (Å²) < 4.78 is 5.30. The number of nitrogens with one attached hydrogen (secondary N) is 2. The van der Waals surface area contributed by atoms with Crippen LogP contribution < -0.4 is 10.6 Å². The second-order valence-corrected chi connectivity index (χ2v) is 6.71. The Morgan fingerprint density at radius 3 is 2.50 bits per heavy atom. The van der Waals surface area contributed by atoms with Gasteiger partial charge in [0.15, 0.2) is 5.96 Å². The first-order valence-corrected chi connectivity index (χ1v) is 10.3. The molecule has 10 heteroatoms. The lowest BCUT2D eigenvalue weighted by atomic mass is 10.2. The number of amides is 1. The lowest BCUT2D eigenvalue weighted by Gasteiger charge is -2.19. The average Bonchev–Trinajstić information content (AvgIpc) is 3.18. The number of aromatic nitrogens is 2. The highest BCUT2D eigenvalue weighted by Gasteiger charge is 2.10. The number of rotatable bonds is 10. The number of halogens is 2. The molecule has 2 aromatic rings. The molecular formula is C20H30ClIN6O2. The quantitative estimate of drug-likeness (QED) is 0.269. The maximum Gasteiger partial charge on any atom is 0.228 e. The van der Waals surface area contributed by atoms with Gasteiger partial charge in [0, 0.05) is 49.6 Å². The van der Waals surface area contributed by atoms with Crippen LogP contribution >= 0.6 is 35.6 Å². The topological polar surface area (TPSA) is 95.6 Å². The second kappa shape index (κ2) is 14.2. The van der Waals surface area contributed by atoms with Gasteiger partial charge in [-0.15, -0.1) is 24.0 Å². The third kappa shape index (κ3) is 8.47. The summed E-state index contributed by atoms with van der Waals surface area (Å²) in [4.78, 5) is 22.8. The van der Waals surface area contributed by atoms with Crippen molar-refractivity contribution in [1.82, 2.24) is 25.7 Å². The van der Waals surface area contributed by atoms with E-state index in [0.717, 1.165) is 25.2 Å². The van der Waals surface area contributed by atoms with Crippen molar-refractivity contribution in [2.24, 2.45) is 4.99 Å². The monoisotopic (exact) mass is 548 g/mol. The van der Waals surface area contributed by atoms with Crippen LogP contribution in [-0.4, -0.2) is 59.6 Å². The van der Waals surface area contributed by atoms with E-state index in [9.17, 15) is 4.79 Å². The van der Waals surface area contributed by atoms with Gasteiger partial charge in [0.1, 0.15) is 0 Å². The third-order valence-corrected chi connectivity index (χ3v) is 4.51. The molecule has 2 rings (SSSR count). The zero-order chi connectivity index (χ0) is 21.1. The van der Waals surface area contributed by atoms with Gasteiger partial charge in [0.2, 0.25) is 17.6 Å². The molecule has 0 radical (unpaired) electrons. The predicted octanol–water partition coefficient (Wildman–Crippen LogP) is 3.36. The summed E-state index contributed by atoms with van der Waals surface area (Å²) >= 11 is 5.90. The number of benzene rings is 1. The molecule has 1 amide bonds. The van der Waals surface area contributed by atoms with Gasteiger partial charge in [-0.25, -0.2) is 0 Å². The van der Waals surface area contributed by atoms with Crippen LogP contribution in [0.15, 0.2) is 33.8 Å². The zero-order valence-electron chi connectivity index (χ0n) is 17.7. The molecule has 0 fully saturated rings. The average molecular weight is 549 g/mol. The van der Waals surface area contributed by atoms with Crippen LogP contribution in [0.5, 0.6) is 0 Å². The molecule has 0 unspecified atom stereocenters. The van der Waals surface area contributed by atoms with Gasteiger partial charge >= 0.3 is 0 Å². The van der Waals surface area contributed by atoms with E-state index >= 15 is 0 Å². The van der Waals surface area contributed by atoms with Gasteiger partial charge in [-0.3, -0.25) is 9.79 Å². The van der Waals surface area contributed by atoms with Crippen molar-refractivity contribution in [2.45, 2.75) is 33.6 Å². The van der Waals surface area contributed by atoms with Gasteiger partial charge < -0.3 is 20.1 Å². The van der Waals surface area contributed by atoms with E-state index in [4.69, 9.17) is 16.1 Å². The summed E-state index contributed by atoms with van der Waals surface area (Å²) in [5, 5.41) is 11.0. The predicted molar refractivity (Wildman–Crippen MR) is 130 cm³/mol. The van der Waals surface area contributed by atoms with E-state index in [-0.39, 0.29) is 29.9 Å². The second-order valence-electron chi connectivity index (χ2n) is 6.27. The number of carbonyl (C=O) groups is 1. The maximum absolute atomic E-state index is 12.1. The SMILES string of the molecule is CCNC(=NCCc1nc(-c2ccc(Cl)cc2)no1)NCCC(=O)N(CC)CC.I. The summed E-state index contributed by atoms with van der Waals surface area (Å²) in [6.07, 6.45) is 0.954. The molecule has 0 aliphatic carbocycles. The summed E-state index contributed by atoms with van der Waals surface area (Å²) in [5.74, 6) is 1.85. The van der Waals surface area contributed by atoms with E-state index in [0.29, 0.717) is 48.6 Å². The van der Waals surface area contributed by atoms with Crippen LogP contribution in [0.3, 0.4) is 0 Å². The highest BCUT2D eigenvalue weighted by Crippen LogP contribution is 2.18. The molecule has 30 heavy (non-hydrogen) atoms. The Morgan fingerprint density at radius 1 is 1.17 bits per heavy atom. The molecular weight excluding hydrogens is 519 g/mol. The molecule has 1 heterocycles. The lowest BCUT2D eigenvalue weighted by molar-refractivity contribution is -0.130. The molecule has 0 saturated carbocycles. The lowest BCUT2D eigenvalue weighted by Crippen LogP contribution is -2.40. The molecule has 1 aromatic heterocycles. The van der Waals surface area contributed by atoms with Crippen LogP contribution in [0.25, 0.3) is 11.4 Å². The van der Waals surface area contributed by atoms with Crippen LogP contribution in [0.4, 0.5) is 0 Å². The van der Waals surface area contributed by atoms with Crippen molar-refractivity contribution >= 4 is 47.4 Å². The van der Waals surface area contributed by atoms with Crippen molar-refractivity contribution in [3.63, 3.8) is 0 Å². The summed E-state index contributed by atoms with van der Waals surface area (Å²) in [6.45, 7) is 9.17. The Balaban J connectivity index is 0.00000450. The molecule has 2 N–H and O–H groups in total. The third-order valence-electron chi connectivity index (χ3n) is 4.26. The molecule has 0 atom stereocenters. The van der Waals surface area contributed by atoms with Crippen molar-refractivity contribution < 1.29 is 9.32 Å². The van der Waals surface area contributed by atoms with Crippen LogP contribution in [0.2, 0.25) is 5.02 Å². The standard InChI is InChI=1S/C20H29ClN6O2.HI/c1-4-22-20(24-14-12-18(28)27(5-2)6-3)23-13-11-17-25-19(26-29-17)15-7-9-16(21)10-8-15;/h7-10H,4-6,11-14H2,1-3H3,(H2,22,23,24);1H. The Bertz CT molecular complexity index is 793. The first-order valence-electron chi connectivity index (χ1n) is 9.95. The highest BCUT2D eigenvalue weighted by atomic mass is 127. The maximum atomic E-state index is 12.1. The fraction of sp³-hybridized carbons (Fsp3) is 0.500. The molecule has 0 bridgehead atoms. The first-order chi connectivity index (χ1) is 14.1. The highest BCUT2D eigenvalue weighted by molar-refractivity contribution is 14.0. The number of hydrogen-bond acceptors (Lipinski definition) is 5. The molecule has 166 valence electrons. The first kappa shape index (κ1) is 26.2. The van der Waals surface area contributed by atoms with Crippen LogP contribution in [0.1, 0.15) is 33.1 Å². The van der Waals surface area contributed by atoms with E-state index < -0.39 is 0 Å². The minimum absolute atomic E-state index is 0. The Hall–Kier alpha value is -1.88. The minimum Gasteiger partial charge on any atom is -0.357 e. The fourth-order valence-corrected chi connectivity index (χ4v) is 2.83. The molecule has 0 aliphatic rings. The fourth-order valence-electron chi connectivity index (χ4n) is 2.70. The molecule has 0 spiro atoms. The van der Waals surface area contributed by atoms with Crippen molar-refractivity contribution in [2.75, 3.05) is 32.7 Å². The van der Waals surface area contributed by atoms with Crippen molar-refractivity contribution in [3.8, 4) is 11.4 Å². The summed E-state index contributed by atoms with van der Waals surface area (Å²) in [6, 6.07) is 7.27. The Morgan fingerprint density at radius 2 is 1.87 bits per heavy atom. The number of guanidine groups is 1. The van der Waals surface area contributed by atoms with Crippen molar-refractivity contribution in [3.05, 3.63) is 35.2 Å². The van der Waals surface area contributed by atoms with Gasteiger partial charge in [-0.2, -0.15) is 4.98 Å². The van der Waals surface area contributed by atoms with E-state index in [1.165, 1.54) is 0 Å². The van der Waals surface area contributed by atoms with E-state index in [2.05, 4.69) is 25.8 Å². The molecule has 8 nitrogen and oxygen atoms in total. The summed E-state index contributed by atoms with van der Waals surface area (Å²) in [7, 11) is 0. The van der Waals surface area contributed by atoms with Gasteiger partial charge in [0.05, 0.1) is 6.54 Å². The normalized spacial score (nSPS) is 11.0. The molecule has 0 saturated heterocycles. The van der Waals surface area contributed by atoms with E-state index in [1.54, 1.807) is 12.1 Å². The van der Waals surface area contributed by atoms with Gasteiger partial charge in [0.25, 0.3) is 0 Å². The van der Waals surface area contributed by atoms with Crippen molar-refractivity contribution in [1.29, 1.82) is 0 Å². The Kier molecular flexibility index (Phi) is 12.4. The molecule has 1 aromatic carbocycles. The number of nitrogens with zero attached hydrogens (tertiary/aromatic N) is 4. The number of carbonyl (C=O) groups excluding carboxylic acids is 1. The number of hydrogen-bond donors (Lipinski definition) is 2. The Labute approximate surface area is 199 Å². The zero-order valence-corrected chi connectivity index (χ0v) is 20.7. The van der Waals surface area contributed by atoms with Gasteiger partial charge in [-0.1, -0.05) is 16.8 Å². The molecule has 0 aliphatic heterocycles. The number of aliphatic imine (C=N–C) groups is 1. The minimum atomic E-state index is 0. The van der Waals surface area contributed by atoms with Crippen LogP contribution in [0, 0.1) is 0 Å².